The second-order valence-corrected chi connectivity index (χ2v) is 12.5. The van der Waals surface area contributed by atoms with Gasteiger partial charge < -0.3 is 14.5 Å². The molecule has 12 heteroatoms. The number of nitrogens with zero attached hydrogens (tertiary/aromatic N) is 8. The maximum absolute atomic E-state index is 15.4. The number of piperidine rings is 2. The van der Waals surface area contributed by atoms with Crippen LogP contribution in [0.3, 0.4) is 0 Å². The van der Waals surface area contributed by atoms with Crippen molar-refractivity contribution in [2.75, 3.05) is 44.7 Å². The molecule has 43 heavy (non-hydrogen) atoms. The van der Waals surface area contributed by atoms with Gasteiger partial charge in [0, 0.05) is 54.5 Å². The lowest BCUT2D eigenvalue weighted by Crippen LogP contribution is -2.45. The van der Waals surface area contributed by atoms with Gasteiger partial charge in [-0.05, 0) is 50.7 Å². The highest BCUT2D eigenvalue weighted by Crippen LogP contribution is 2.72. The second kappa shape index (κ2) is 10.1. The van der Waals surface area contributed by atoms with Crippen LogP contribution in [0.4, 0.5) is 14.9 Å². The van der Waals surface area contributed by atoms with E-state index in [1.165, 1.54) is 11.0 Å². The van der Waals surface area contributed by atoms with Gasteiger partial charge in [0.05, 0.1) is 42.7 Å². The molecule has 222 valence electrons. The Hall–Kier alpha value is -4.37. The van der Waals surface area contributed by atoms with Gasteiger partial charge in [0.15, 0.2) is 0 Å². The number of hydrogen-bond donors (Lipinski definition) is 0. The zero-order valence-corrected chi connectivity index (χ0v) is 24.2. The fraction of sp³-hybridized carbons (Fsp3) is 0.484. The zero-order valence-electron chi connectivity index (χ0n) is 24.2. The average Bonchev–Trinajstić information content (AvgIpc) is 3.54. The molecular weight excluding hydrogens is 551 g/mol. The number of anilines is 1. The first-order valence-corrected chi connectivity index (χ1v) is 14.7. The molecule has 0 spiro atoms. The molecule has 2 aromatic heterocycles. The minimum atomic E-state index is -0.771. The molecule has 2 amide bonds. The van der Waals surface area contributed by atoms with Gasteiger partial charge in [-0.25, -0.2) is 13.9 Å². The maximum Gasteiger partial charge on any atom is 0.414 e. The number of amides is 2. The molecule has 1 aromatic carbocycles. The zero-order chi connectivity index (χ0) is 29.9. The Morgan fingerprint density at radius 3 is 2.74 bits per heavy atom. The van der Waals surface area contributed by atoms with Crippen molar-refractivity contribution >= 4 is 17.7 Å². The van der Waals surface area contributed by atoms with E-state index in [1.807, 2.05) is 11.0 Å². The predicted molar refractivity (Wildman–Crippen MR) is 153 cm³/mol. The van der Waals surface area contributed by atoms with Crippen LogP contribution in [0.5, 0.6) is 0 Å². The van der Waals surface area contributed by atoms with Crippen LogP contribution >= 0.6 is 0 Å². The summed E-state index contributed by atoms with van der Waals surface area (Å²) in [7, 11) is 2.06. The molecule has 3 aliphatic heterocycles. The molecule has 7 rings (SSSR count). The summed E-state index contributed by atoms with van der Waals surface area (Å²) >= 11 is 0. The number of aromatic nitrogens is 4. The van der Waals surface area contributed by atoms with Crippen molar-refractivity contribution in [2.24, 2.45) is 17.3 Å². The summed E-state index contributed by atoms with van der Waals surface area (Å²) in [6.07, 6.45) is 5.81. The first kappa shape index (κ1) is 27.5. The van der Waals surface area contributed by atoms with E-state index in [0.717, 1.165) is 25.9 Å². The molecule has 1 unspecified atom stereocenters. The second-order valence-electron chi connectivity index (χ2n) is 12.5. The summed E-state index contributed by atoms with van der Waals surface area (Å²) in [5.41, 5.74) is 0.840. The Balaban J connectivity index is 1.04. The fourth-order valence-electron chi connectivity index (χ4n) is 7.62. The monoisotopic (exact) mass is 584 g/mol. The highest BCUT2D eigenvalue weighted by Gasteiger charge is 2.80. The van der Waals surface area contributed by atoms with E-state index in [2.05, 4.69) is 40.2 Å². The highest BCUT2D eigenvalue weighted by atomic mass is 19.1. The third-order valence-electron chi connectivity index (χ3n) is 9.97. The number of ether oxygens (including phenoxy) is 1. The summed E-state index contributed by atoms with van der Waals surface area (Å²) in [4.78, 5) is 36.0. The number of benzene rings is 1. The van der Waals surface area contributed by atoms with Crippen molar-refractivity contribution in [1.29, 1.82) is 5.26 Å². The number of rotatable bonds is 6. The summed E-state index contributed by atoms with van der Waals surface area (Å²) in [6, 6.07) is 10.8. The van der Waals surface area contributed by atoms with E-state index in [9.17, 15) is 14.9 Å². The van der Waals surface area contributed by atoms with Gasteiger partial charge >= 0.3 is 6.09 Å². The largest absolute Gasteiger partial charge is 0.442 e. The van der Waals surface area contributed by atoms with E-state index in [0.29, 0.717) is 42.1 Å². The van der Waals surface area contributed by atoms with E-state index in [4.69, 9.17) is 4.74 Å². The first-order chi connectivity index (χ1) is 20.7. The van der Waals surface area contributed by atoms with Crippen molar-refractivity contribution in [3.05, 3.63) is 60.4 Å². The number of carbonyl (C=O) groups is 2. The lowest BCUT2D eigenvalue weighted by Gasteiger charge is -2.33. The van der Waals surface area contributed by atoms with Gasteiger partial charge in [-0.15, -0.1) is 5.10 Å². The molecule has 3 aromatic rings. The number of nitriles is 1. The Labute approximate surface area is 248 Å². The van der Waals surface area contributed by atoms with Crippen molar-refractivity contribution in [3.63, 3.8) is 0 Å². The van der Waals surface area contributed by atoms with Crippen LogP contribution in [0.15, 0.2) is 48.9 Å². The van der Waals surface area contributed by atoms with E-state index < -0.39 is 23.4 Å². The number of likely N-dealkylation sites (tertiary alicyclic amines) is 2. The molecule has 0 N–H and O–H groups in total. The van der Waals surface area contributed by atoms with Crippen molar-refractivity contribution in [3.8, 4) is 17.2 Å². The topological polar surface area (TPSA) is 120 Å². The van der Waals surface area contributed by atoms with Crippen LogP contribution in [0.1, 0.15) is 25.5 Å². The molecule has 3 saturated heterocycles. The summed E-state index contributed by atoms with van der Waals surface area (Å²) in [6.45, 7) is 5.62. The number of cyclic esters (lactones) is 1. The maximum atomic E-state index is 15.4. The number of hydrogen-bond acceptors (Lipinski definition) is 8. The van der Waals surface area contributed by atoms with E-state index >= 15 is 4.39 Å². The molecule has 11 nitrogen and oxygen atoms in total. The molecule has 0 radical (unpaired) electrons. The predicted octanol–water partition coefficient (Wildman–Crippen LogP) is 3.09. The Bertz CT molecular complexity index is 1610. The number of pyridine rings is 1. The van der Waals surface area contributed by atoms with Gasteiger partial charge in [-0.1, -0.05) is 18.2 Å². The molecule has 5 atom stereocenters. The Kier molecular flexibility index (Phi) is 6.46. The summed E-state index contributed by atoms with van der Waals surface area (Å²) in [5, 5.41) is 18.0. The average molecular weight is 585 g/mol. The van der Waals surface area contributed by atoms with Crippen LogP contribution in [0, 0.1) is 34.4 Å². The number of carbonyl (C=O) groups excluding carboxylic acids is 2. The van der Waals surface area contributed by atoms with E-state index in [1.54, 1.807) is 41.5 Å². The molecule has 4 fully saturated rings. The highest BCUT2D eigenvalue weighted by molar-refractivity contribution is 5.90. The molecule has 1 saturated carbocycles. The van der Waals surface area contributed by atoms with Crippen molar-refractivity contribution < 1.29 is 18.7 Å². The summed E-state index contributed by atoms with van der Waals surface area (Å²) in [5.74, 6) is -0.264. The van der Waals surface area contributed by atoms with Crippen LogP contribution in [-0.2, 0) is 21.5 Å². The van der Waals surface area contributed by atoms with Crippen molar-refractivity contribution in [2.45, 2.75) is 37.8 Å². The third-order valence-corrected chi connectivity index (χ3v) is 9.97. The minimum absolute atomic E-state index is 0.0123. The molecule has 5 heterocycles. The molecular formula is C31H33FN8O3. The Morgan fingerprint density at radius 2 is 2.09 bits per heavy atom. The standard InChI is InChI=1S/C31H33FN8O3/c1-30-19-38(28(41)21-4-3-10-37(2)14-21)17-26(30)31(30,18-33)27-8-5-20(13-34-27)24-7-6-22(12-25(24)32)40-16-23(43-29(40)42)15-39-11-9-35-36-39/h5-9,11-13,21,23,26H,3-4,10,14-17,19H2,1-2H3/t21-,23+,26+,30?,31+/m1/s1. The van der Waals surface area contributed by atoms with Crippen LogP contribution in [0.2, 0.25) is 0 Å². The SMILES string of the molecule is CN1CCC[C@@H](C(=O)N2C[C@H]3C(C)(C2)[C@]3(C#N)c2ccc(-c3ccc(N4C[C@H](Cn5ccnn5)OC4=O)cc3F)cn2)C1. The molecule has 0 bridgehead atoms. The number of halogens is 1. The van der Waals surface area contributed by atoms with Gasteiger partial charge in [0.2, 0.25) is 5.91 Å². The lowest BCUT2D eigenvalue weighted by molar-refractivity contribution is -0.137. The third kappa shape index (κ3) is 4.36. The molecule has 4 aliphatic rings. The Morgan fingerprint density at radius 1 is 1.23 bits per heavy atom. The summed E-state index contributed by atoms with van der Waals surface area (Å²) < 4.78 is 22.4. The molecule has 1 aliphatic carbocycles. The quantitative estimate of drug-likeness (QED) is 0.434. The fourth-order valence-corrected chi connectivity index (χ4v) is 7.62. The van der Waals surface area contributed by atoms with Gasteiger partial charge in [0.25, 0.3) is 0 Å². The minimum Gasteiger partial charge on any atom is -0.442 e. The van der Waals surface area contributed by atoms with Crippen LogP contribution in [-0.4, -0.2) is 87.7 Å². The van der Waals surface area contributed by atoms with Crippen molar-refractivity contribution in [1.82, 2.24) is 29.8 Å². The van der Waals surface area contributed by atoms with Crippen LogP contribution < -0.4 is 4.90 Å². The normalized spacial score (nSPS) is 30.2. The van der Waals surface area contributed by atoms with Crippen LogP contribution in [0.25, 0.3) is 11.1 Å². The van der Waals surface area contributed by atoms with E-state index in [-0.39, 0.29) is 29.7 Å². The lowest BCUT2D eigenvalue weighted by atomic mass is 9.89. The van der Waals surface area contributed by atoms with Gasteiger partial charge in [0.1, 0.15) is 17.3 Å². The van der Waals surface area contributed by atoms with Gasteiger partial charge in [-0.2, -0.15) is 5.26 Å². The number of fused-ring (bicyclic) bond motifs is 1. The van der Waals surface area contributed by atoms with Gasteiger partial charge in [-0.3, -0.25) is 14.7 Å². The first-order valence-electron chi connectivity index (χ1n) is 14.7. The smallest absolute Gasteiger partial charge is 0.414 e.